The normalized spacial score (nSPS) is 20.2. The summed E-state index contributed by atoms with van der Waals surface area (Å²) in [7, 11) is 0. The van der Waals surface area contributed by atoms with Crippen LogP contribution in [0.1, 0.15) is 54.4 Å². The molecule has 0 spiro atoms. The van der Waals surface area contributed by atoms with Gasteiger partial charge in [-0.15, -0.1) is 0 Å². The fourth-order valence-electron chi connectivity index (χ4n) is 4.66. The summed E-state index contributed by atoms with van der Waals surface area (Å²) in [6.07, 6.45) is 3.99. The highest BCUT2D eigenvalue weighted by molar-refractivity contribution is 5.75. The largest absolute Gasteiger partial charge is 0.356 e. The lowest BCUT2D eigenvalue weighted by Gasteiger charge is -2.35. The van der Waals surface area contributed by atoms with Gasteiger partial charge in [0, 0.05) is 37.4 Å². The van der Waals surface area contributed by atoms with Crippen molar-refractivity contribution in [2.24, 2.45) is 0 Å². The predicted octanol–water partition coefficient (Wildman–Crippen LogP) is 3.92. The van der Waals surface area contributed by atoms with Crippen LogP contribution in [0.5, 0.6) is 0 Å². The quantitative estimate of drug-likeness (QED) is 0.859. The lowest BCUT2D eigenvalue weighted by Crippen LogP contribution is -2.49. The Morgan fingerprint density at radius 3 is 2.52 bits per heavy atom. The fraction of sp³-hybridized carbons (Fsp3) is 0.522. The molecule has 29 heavy (non-hydrogen) atoms. The Morgan fingerprint density at radius 2 is 1.79 bits per heavy atom. The van der Waals surface area contributed by atoms with Crippen LogP contribution in [0.4, 0.5) is 10.6 Å². The maximum atomic E-state index is 13.0. The van der Waals surface area contributed by atoms with Gasteiger partial charge in [-0.2, -0.15) is 0 Å². The zero-order valence-corrected chi connectivity index (χ0v) is 17.7. The van der Waals surface area contributed by atoms with Gasteiger partial charge in [-0.05, 0) is 57.6 Å². The second-order valence-corrected chi connectivity index (χ2v) is 8.33. The number of urea groups is 1. The van der Waals surface area contributed by atoms with Crippen LogP contribution in [0.25, 0.3) is 0 Å². The monoisotopic (exact) mass is 393 g/mol. The van der Waals surface area contributed by atoms with E-state index in [9.17, 15) is 4.79 Å². The van der Waals surface area contributed by atoms with Crippen LogP contribution in [0, 0.1) is 20.8 Å². The molecule has 2 aliphatic rings. The Kier molecular flexibility index (Phi) is 5.69. The number of likely N-dealkylation sites (tertiary alicyclic amines) is 1. The van der Waals surface area contributed by atoms with Crippen LogP contribution in [0.15, 0.2) is 30.3 Å². The van der Waals surface area contributed by atoms with Crippen LogP contribution >= 0.6 is 0 Å². The molecule has 2 fully saturated rings. The SMILES string of the molecule is Cc1cc(N2CCC(NC(=O)N3CCCC3c3ccccc3C)CC2)nc(C)n1. The summed E-state index contributed by atoms with van der Waals surface area (Å²) in [5.74, 6) is 1.81. The molecule has 3 heterocycles. The summed E-state index contributed by atoms with van der Waals surface area (Å²) in [5, 5.41) is 3.30. The molecule has 2 aromatic rings. The Bertz CT molecular complexity index is 855. The topological polar surface area (TPSA) is 61.4 Å². The van der Waals surface area contributed by atoms with Gasteiger partial charge in [0.15, 0.2) is 0 Å². The highest BCUT2D eigenvalue weighted by Crippen LogP contribution is 2.33. The van der Waals surface area contributed by atoms with Crippen LogP contribution < -0.4 is 10.2 Å². The first-order valence-electron chi connectivity index (χ1n) is 10.7. The summed E-state index contributed by atoms with van der Waals surface area (Å²) in [4.78, 5) is 26.3. The van der Waals surface area contributed by atoms with Crippen LogP contribution in [-0.2, 0) is 0 Å². The molecule has 2 saturated heterocycles. The molecule has 1 unspecified atom stereocenters. The molecular formula is C23H31N5O. The van der Waals surface area contributed by atoms with E-state index >= 15 is 0 Å². The smallest absolute Gasteiger partial charge is 0.318 e. The van der Waals surface area contributed by atoms with Crippen molar-refractivity contribution in [1.82, 2.24) is 20.2 Å². The van der Waals surface area contributed by atoms with Gasteiger partial charge in [-0.25, -0.2) is 14.8 Å². The summed E-state index contributed by atoms with van der Waals surface area (Å²) < 4.78 is 0. The summed E-state index contributed by atoms with van der Waals surface area (Å²) in [5.41, 5.74) is 3.55. The van der Waals surface area contributed by atoms with Crippen molar-refractivity contribution < 1.29 is 4.79 Å². The number of carbonyl (C=O) groups is 1. The van der Waals surface area contributed by atoms with Gasteiger partial charge in [0.05, 0.1) is 6.04 Å². The number of amides is 2. The Balaban J connectivity index is 1.35. The first kappa shape index (κ1) is 19.7. The maximum Gasteiger partial charge on any atom is 0.318 e. The number of hydrogen-bond donors (Lipinski definition) is 1. The molecule has 0 saturated carbocycles. The van der Waals surface area contributed by atoms with Crippen LogP contribution in [-0.4, -0.2) is 46.6 Å². The van der Waals surface area contributed by atoms with Gasteiger partial charge in [-0.1, -0.05) is 24.3 Å². The minimum atomic E-state index is 0.0860. The van der Waals surface area contributed by atoms with E-state index in [0.29, 0.717) is 0 Å². The Labute approximate surface area is 173 Å². The predicted molar refractivity (Wildman–Crippen MR) is 115 cm³/mol. The summed E-state index contributed by atoms with van der Waals surface area (Å²) >= 11 is 0. The van der Waals surface area contributed by atoms with Crippen molar-refractivity contribution in [3.8, 4) is 0 Å². The highest BCUT2D eigenvalue weighted by atomic mass is 16.2. The molecule has 154 valence electrons. The number of aryl methyl sites for hydroxylation is 3. The maximum absolute atomic E-state index is 13.0. The molecule has 2 amide bonds. The molecule has 1 N–H and O–H groups in total. The molecule has 2 aliphatic heterocycles. The highest BCUT2D eigenvalue weighted by Gasteiger charge is 2.32. The van der Waals surface area contributed by atoms with Crippen molar-refractivity contribution in [2.75, 3.05) is 24.5 Å². The van der Waals surface area contributed by atoms with E-state index in [2.05, 4.69) is 51.4 Å². The third-order valence-corrected chi connectivity index (χ3v) is 6.16. The van der Waals surface area contributed by atoms with Crippen LogP contribution in [0.3, 0.4) is 0 Å². The molecule has 6 heteroatoms. The standard InChI is InChI=1S/C23H31N5O/c1-16-7-4-5-8-20(16)21-9-6-12-28(21)23(29)26-19-10-13-27(14-11-19)22-15-17(2)24-18(3)25-22/h4-5,7-8,15,19,21H,6,9-14H2,1-3H3,(H,26,29). The molecule has 1 aromatic carbocycles. The number of nitrogens with one attached hydrogen (secondary N) is 1. The average molecular weight is 394 g/mol. The second kappa shape index (κ2) is 8.39. The third-order valence-electron chi connectivity index (χ3n) is 6.16. The molecular weight excluding hydrogens is 362 g/mol. The lowest BCUT2D eigenvalue weighted by atomic mass is 9.99. The van der Waals surface area contributed by atoms with Crippen molar-refractivity contribution in [3.05, 3.63) is 53.0 Å². The average Bonchev–Trinajstić information content (AvgIpc) is 3.18. The zero-order chi connectivity index (χ0) is 20.4. The van der Waals surface area contributed by atoms with Gasteiger partial charge in [0.25, 0.3) is 0 Å². The number of aromatic nitrogens is 2. The summed E-state index contributed by atoms with van der Waals surface area (Å²) in [6, 6.07) is 11.0. The molecule has 0 bridgehead atoms. The van der Waals surface area contributed by atoms with E-state index in [1.54, 1.807) is 0 Å². The number of nitrogens with zero attached hydrogens (tertiary/aromatic N) is 4. The molecule has 4 rings (SSSR count). The molecule has 1 aromatic heterocycles. The van der Waals surface area contributed by atoms with Gasteiger partial charge >= 0.3 is 6.03 Å². The lowest BCUT2D eigenvalue weighted by molar-refractivity contribution is 0.186. The molecule has 1 atom stereocenters. The van der Waals surface area contributed by atoms with Crippen molar-refractivity contribution in [3.63, 3.8) is 0 Å². The Hall–Kier alpha value is -2.63. The second-order valence-electron chi connectivity index (χ2n) is 8.33. The van der Waals surface area contributed by atoms with E-state index < -0.39 is 0 Å². The van der Waals surface area contributed by atoms with Gasteiger partial charge in [0.2, 0.25) is 0 Å². The van der Waals surface area contributed by atoms with E-state index in [4.69, 9.17) is 0 Å². The minimum Gasteiger partial charge on any atom is -0.356 e. The van der Waals surface area contributed by atoms with Gasteiger partial charge < -0.3 is 15.1 Å². The number of rotatable bonds is 3. The van der Waals surface area contributed by atoms with Gasteiger partial charge in [-0.3, -0.25) is 0 Å². The van der Waals surface area contributed by atoms with E-state index in [-0.39, 0.29) is 18.1 Å². The Morgan fingerprint density at radius 1 is 1.03 bits per heavy atom. The fourth-order valence-corrected chi connectivity index (χ4v) is 4.66. The molecule has 6 nitrogen and oxygen atoms in total. The van der Waals surface area contributed by atoms with E-state index in [1.807, 2.05) is 24.8 Å². The minimum absolute atomic E-state index is 0.0860. The van der Waals surface area contributed by atoms with Gasteiger partial charge in [0.1, 0.15) is 11.6 Å². The first-order valence-corrected chi connectivity index (χ1v) is 10.7. The van der Waals surface area contributed by atoms with Crippen molar-refractivity contribution in [2.45, 2.75) is 58.5 Å². The molecule has 0 aliphatic carbocycles. The van der Waals surface area contributed by atoms with Crippen LogP contribution in [0.2, 0.25) is 0 Å². The zero-order valence-electron chi connectivity index (χ0n) is 17.7. The number of hydrogen-bond acceptors (Lipinski definition) is 4. The number of carbonyl (C=O) groups excluding carboxylic acids is 1. The van der Waals surface area contributed by atoms with Crippen molar-refractivity contribution in [1.29, 1.82) is 0 Å². The first-order chi connectivity index (χ1) is 14.0. The number of piperidine rings is 1. The number of benzene rings is 1. The summed E-state index contributed by atoms with van der Waals surface area (Å²) in [6.45, 7) is 8.72. The van der Waals surface area contributed by atoms with Crippen molar-refractivity contribution >= 4 is 11.8 Å². The number of anilines is 1. The third kappa shape index (κ3) is 4.36. The van der Waals surface area contributed by atoms with E-state index in [0.717, 1.165) is 62.7 Å². The van der Waals surface area contributed by atoms with E-state index in [1.165, 1.54) is 11.1 Å². The molecule has 0 radical (unpaired) electrons.